The second kappa shape index (κ2) is 8.27. The molecule has 0 aromatic rings. The third kappa shape index (κ3) is 7.21. The van der Waals surface area contributed by atoms with Crippen molar-refractivity contribution in [3.05, 3.63) is 0 Å². The summed E-state index contributed by atoms with van der Waals surface area (Å²) in [4.78, 5) is 0. The highest BCUT2D eigenvalue weighted by Gasteiger charge is 2.21. The summed E-state index contributed by atoms with van der Waals surface area (Å²) in [5.41, 5.74) is 0. The van der Waals surface area contributed by atoms with Crippen LogP contribution in [0.1, 0.15) is 26.7 Å². The predicted octanol–water partition coefficient (Wildman–Crippen LogP) is 2.98. The van der Waals surface area contributed by atoms with Crippen molar-refractivity contribution in [3.63, 3.8) is 0 Å². The average molecular weight is 280 g/mol. The highest BCUT2D eigenvalue weighted by molar-refractivity contribution is 7.97. The van der Waals surface area contributed by atoms with Gasteiger partial charge in [-0.1, -0.05) is 11.9 Å². The molecular formula is C10H21N2O3PS. The van der Waals surface area contributed by atoms with E-state index in [0.29, 0.717) is 13.2 Å². The van der Waals surface area contributed by atoms with E-state index in [1.807, 2.05) is 11.9 Å². The largest absolute Gasteiger partial charge is 0.453 e. The molecule has 0 N–H and O–H groups in total. The molecule has 5 nitrogen and oxygen atoms in total. The minimum atomic E-state index is -3.22. The van der Waals surface area contributed by atoms with Crippen LogP contribution in [0, 0.1) is 0 Å². The van der Waals surface area contributed by atoms with Gasteiger partial charge in [0.15, 0.2) is 0 Å². The SMILES string of the molecule is CCOP(=O)(N=CCCCSN1CC1)OCC. The maximum atomic E-state index is 11.9. The Kier molecular flexibility index (Phi) is 7.39. The summed E-state index contributed by atoms with van der Waals surface area (Å²) in [6, 6.07) is 0. The van der Waals surface area contributed by atoms with Gasteiger partial charge in [-0.05, 0) is 26.7 Å². The van der Waals surface area contributed by atoms with E-state index in [1.165, 1.54) is 13.1 Å². The van der Waals surface area contributed by atoms with Gasteiger partial charge in [0.05, 0.1) is 13.2 Å². The molecule has 1 rings (SSSR count). The zero-order chi connectivity index (χ0) is 12.6. The highest BCUT2D eigenvalue weighted by Crippen LogP contribution is 2.49. The Morgan fingerprint density at radius 1 is 1.35 bits per heavy atom. The topological polar surface area (TPSA) is 50.9 Å². The lowest BCUT2D eigenvalue weighted by atomic mass is 10.4. The Morgan fingerprint density at radius 3 is 2.53 bits per heavy atom. The van der Waals surface area contributed by atoms with Crippen molar-refractivity contribution >= 4 is 25.9 Å². The maximum absolute atomic E-state index is 11.9. The summed E-state index contributed by atoms with van der Waals surface area (Å²) in [5.74, 6) is 1.08. The van der Waals surface area contributed by atoms with Crippen molar-refractivity contribution in [1.29, 1.82) is 0 Å². The molecule has 0 aromatic carbocycles. The van der Waals surface area contributed by atoms with E-state index in [1.54, 1.807) is 20.1 Å². The zero-order valence-electron chi connectivity index (χ0n) is 10.5. The van der Waals surface area contributed by atoms with Crippen LogP contribution in [0.2, 0.25) is 0 Å². The summed E-state index contributed by atoms with van der Waals surface area (Å²) in [5, 5.41) is 0. The summed E-state index contributed by atoms with van der Waals surface area (Å²) in [7, 11) is -3.22. The van der Waals surface area contributed by atoms with E-state index in [2.05, 4.69) is 9.07 Å². The molecule has 0 aliphatic carbocycles. The van der Waals surface area contributed by atoms with Crippen molar-refractivity contribution in [1.82, 2.24) is 4.31 Å². The van der Waals surface area contributed by atoms with Gasteiger partial charge in [-0.3, -0.25) is 9.05 Å². The number of hydrogen-bond acceptors (Lipinski definition) is 5. The van der Waals surface area contributed by atoms with Crippen molar-refractivity contribution in [2.45, 2.75) is 26.7 Å². The van der Waals surface area contributed by atoms with Gasteiger partial charge in [-0.2, -0.15) is 4.76 Å². The fourth-order valence-electron chi connectivity index (χ4n) is 1.13. The molecule has 0 radical (unpaired) electrons. The molecule has 0 amide bonds. The number of unbranched alkanes of at least 4 members (excludes halogenated alkanes) is 1. The molecule has 0 bridgehead atoms. The second-order valence-electron chi connectivity index (χ2n) is 3.51. The van der Waals surface area contributed by atoms with Crippen LogP contribution >= 0.6 is 19.7 Å². The first-order valence-electron chi connectivity index (χ1n) is 6.01. The number of rotatable bonds is 10. The predicted molar refractivity (Wildman–Crippen MR) is 72.6 cm³/mol. The van der Waals surface area contributed by atoms with E-state index in [0.717, 1.165) is 18.6 Å². The van der Waals surface area contributed by atoms with Gasteiger partial charge >= 0.3 is 7.75 Å². The van der Waals surface area contributed by atoms with E-state index in [4.69, 9.17) is 9.05 Å². The Balaban J connectivity index is 2.15. The van der Waals surface area contributed by atoms with E-state index >= 15 is 0 Å². The minimum absolute atomic E-state index is 0.347. The standard InChI is InChI=1S/C10H21N2O3PS/c1-3-14-16(13,15-4-2)11-7-5-6-10-17-12-8-9-12/h7H,3-6,8-10H2,1-2H3. The van der Waals surface area contributed by atoms with Crippen LogP contribution in [0.5, 0.6) is 0 Å². The zero-order valence-corrected chi connectivity index (χ0v) is 12.2. The monoisotopic (exact) mass is 280 g/mol. The summed E-state index contributed by atoms with van der Waals surface area (Å²) in [6.45, 7) is 6.67. The fourth-order valence-corrected chi connectivity index (χ4v) is 3.20. The van der Waals surface area contributed by atoms with Crippen molar-refractivity contribution in [2.75, 3.05) is 32.1 Å². The van der Waals surface area contributed by atoms with E-state index in [-0.39, 0.29) is 0 Å². The molecule has 1 aliphatic heterocycles. The molecule has 1 heterocycles. The first kappa shape index (κ1) is 15.2. The second-order valence-corrected chi connectivity index (χ2v) is 6.37. The van der Waals surface area contributed by atoms with Gasteiger partial charge < -0.3 is 0 Å². The molecular weight excluding hydrogens is 259 g/mol. The molecule has 1 saturated heterocycles. The van der Waals surface area contributed by atoms with Gasteiger partial charge in [0.1, 0.15) is 0 Å². The highest BCUT2D eigenvalue weighted by atomic mass is 32.2. The number of nitrogens with zero attached hydrogens (tertiary/aromatic N) is 2. The average Bonchev–Trinajstić information content (AvgIpc) is 3.08. The molecule has 0 atom stereocenters. The Labute approximate surface area is 108 Å². The van der Waals surface area contributed by atoms with Gasteiger partial charge in [0, 0.05) is 25.1 Å². The normalized spacial score (nSPS) is 16.8. The quantitative estimate of drug-likeness (QED) is 0.202. The number of hydrogen-bond donors (Lipinski definition) is 0. The van der Waals surface area contributed by atoms with Crippen molar-refractivity contribution in [3.8, 4) is 0 Å². The molecule has 0 unspecified atom stereocenters. The summed E-state index contributed by atoms with van der Waals surface area (Å²) < 4.78 is 28.2. The van der Waals surface area contributed by atoms with Crippen LogP contribution in [0.15, 0.2) is 4.76 Å². The Bertz CT molecular complexity index is 275. The van der Waals surface area contributed by atoms with Crippen LogP contribution in [0.3, 0.4) is 0 Å². The molecule has 17 heavy (non-hydrogen) atoms. The van der Waals surface area contributed by atoms with E-state index in [9.17, 15) is 4.57 Å². The smallest absolute Gasteiger partial charge is 0.291 e. The van der Waals surface area contributed by atoms with Gasteiger partial charge in [0.2, 0.25) is 0 Å². The Morgan fingerprint density at radius 2 is 2.00 bits per heavy atom. The van der Waals surface area contributed by atoms with Gasteiger partial charge in [0.25, 0.3) is 0 Å². The molecule has 100 valence electrons. The molecule has 7 heteroatoms. The van der Waals surface area contributed by atoms with Gasteiger partial charge in [-0.15, -0.1) is 0 Å². The van der Waals surface area contributed by atoms with Crippen molar-refractivity contribution < 1.29 is 13.6 Å². The van der Waals surface area contributed by atoms with Crippen LogP contribution in [0.4, 0.5) is 0 Å². The summed E-state index contributed by atoms with van der Waals surface area (Å²) in [6.07, 6.45) is 3.50. The molecule has 0 aromatic heterocycles. The third-order valence-corrected chi connectivity index (χ3v) is 4.78. The maximum Gasteiger partial charge on any atom is 0.453 e. The lowest BCUT2D eigenvalue weighted by Gasteiger charge is -2.10. The van der Waals surface area contributed by atoms with Crippen molar-refractivity contribution in [2.24, 2.45) is 4.76 Å². The van der Waals surface area contributed by atoms with Crippen LogP contribution in [-0.4, -0.2) is 42.6 Å². The van der Waals surface area contributed by atoms with Gasteiger partial charge in [-0.25, -0.2) is 8.87 Å². The summed E-state index contributed by atoms with van der Waals surface area (Å²) >= 11 is 1.86. The first-order chi connectivity index (χ1) is 8.20. The molecule has 0 spiro atoms. The van der Waals surface area contributed by atoms with Crippen LogP contribution < -0.4 is 0 Å². The first-order valence-corrected chi connectivity index (χ1v) is 8.45. The Hall–Kier alpha value is 0.130. The fraction of sp³-hybridized carbons (Fsp3) is 0.900. The van der Waals surface area contributed by atoms with Crippen LogP contribution in [-0.2, 0) is 13.6 Å². The van der Waals surface area contributed by atoms with Crippen LogP contribution in [0.25, 0.3) is 0 Å². The molecule has 1 fully saturated rings. The van der Waals surface area contributed by atoms with E-state index < -0.39 is 7.75 Å². The molecule has 0 saturated carbocycles. The lowest BCUT2D eigenvalue weighted by molar-refractivity contribution is 0.221. The molecule has 1 aliphatic rings. The minimum Gasteiger partial charge on any atom is -0.291 e. The lowest BCUT2D eigenvalue weighted by Crippen LogP contribution is -1.94. The third-order valence-electron chi connectivity index (χ3n) is 1.97.